The number of hydrogen-bond acceptors (Lipinski definition) is 6. The highest BCUT2D eigenvalue weighted by molar-refractivity contribution is 5.93. The summed E-state index contributed by atoms with van der Waals surface area (Å²) in [6.07, 6.45) is 1.61. The number of aryl methyl sites for hydroxylation is 1. The minimum absolute atomic E-state index is 0.0850. The van der Waals surface area contributed by atoms with Gasteiger partial charge in [-0.3, -0.25) is 9.78 Å². The van der Waals surface area contributed by atoms with E-state index in [1.54, 1.807) is 14.0 Å². The van der Waals surface area contributed by atoms with Gasteiger partial charge in [0.15, 0.2) is 11.9 Å². The molecule has 19 heavy (non-hydrogen) atoms. The molecule has 0 aromatic carbocycles. The van der Waals surface area contributed by atoms with Crippen molar-refractivity contribution in [3.63, 3.8) is 0 Å². The van der Waals surface area contributed by atoms with Crippen molar-refractivity contribution in [2.24, 2.45) is 0 Å². The minimum atomic E-state index is -1.26. The van der Waals surface area contributed by atoms with Crippen molar-refractivity contribution in [2.75, 3.05) is 25.6 Å². The number of nitrogens with one attached hydrogen (secondary N) is 1. The van der Waals surface area contributed by atoms with Crippen LogP contribution in [0, 0.1) is 6.92 Å². The fraction of sp³-hybridized carbons (Fsp3) is 0.583. The quantitative estimate of drug-likeness (QED) is 0.731. The van der Waals surface area contributed by atoms with E-state index in [-0.39, 0.29) is 12.7 Å². The Labute approximate surface area is 112 Å². The first-order chi connectivity index (χ1) is 9.02. The zero-order valence-corrected chi connectivity index (χ0v) is 11.3. The van der Waals surface area contributed by atoms with E-state index in [0.29, 0.717) is 12.4 Å². The zero-order valence-electron chi connectivity index (χ0n) is 11.3. The minimum Gasteiger partial charge on any atom is -0.381 e. The highest BCUT2D eigenvalue weighted by atomic mass is 16.5. The van der Waals surface area contributed by atoms with Crippen LogP contribution in [-0.2, 0) is 14.3 Å². The molecule has 0 aliphatic heterocycles. The molecule has 1 rings (SSSR count). The lowest BCUT2D eigenvalue weighted by molar-refractivity contribution is -0.127. The number of methoxy groups -OCH3 is 1. The number of nitrogens with zero attached hydrogens (tertiary/aromatic N) is 2. The summed E-state index contributed by atoms with van der Waals surface area (Å²) >= 11 is 0. The maximum atomic E-state index is 11.6. The van der Waals surface area contributed by atoms with E-state index in [1.165, 1.54) is 12.4 Å². The fourth-order valence-corrected chi connectivity index (χ4v) is 1.16. The van der Waals surface area contributed by atoms with Crippen LogP contribution < -0.4 is 5.32 Å². The Bertz CT molecular complexity index is 396. The third-order valence-corrected chi connectivity index (χ3v) is 2.37. The summed E-state index contributed by atoms with van der Waals surface area (Å²) in [7, 11) is 1.56. The largest absolute Gasteiger partial charge is 0.381 e. The Hall–Kier alpha value is -1.57. The van der Waals surface area contributed by atoms with E-state index < -0.39 is 12.0 Å². The van der Waals surface area contributed by atoms with E-state index in [4.69, 9.17) is 9.47 Å². The second-order valence-electron chi connectivity index (χ2n) is 4.13. The van der Waals surface area contributed by atoms with Gasteiger partial charge in [0.1, 0.15) is 0 Å². The molecule has 1 heterocycles. The number of hydrogen-bond donors (Lipinski definition) is 2. The lowest BCUT2D eigenvalue weighted by atomic mass is 10.3. The maximum absolute atomic E-state index is 11.6. The molecule has 1 amide bonds. The van der Waals surface area contributed by atoms with E-state index in [0.717, 1.165) is 5.69 Å². The van der Waals surface area contributed by atoms with Crippen LogP contribution in [0.5, 0.6) is 0 Å². The predicted octanol–water partition coefficient (Wildman–Crippen LogP) is 0.136. The fourth-order valence-electron chi connectivity index (χ4n) is 1.16. The van der Waals surface area contributed by atoms with E-state index >= 15 is 0 Å². The lowest BCUT2D eigenvalue weighted by Crippen LogP contribution is -2.33. The molecular weight excluding hydrogens is 250 g/mol. The zero-order chi connectivity index (χ0) is 14.3. The van der Waals surface area contributed by atoms with Gasteiger partial charge >= 0.3 is 0 Å². The van der Waals surface area contributed by atoms with Gasteiger partial charge in [-0.05, 0) is 13.8 Å². The van der Waals surface area contributed by atoms with Gasteiger partial charge < -0.3 is 19.9 Å². The predicted molar refractivity (Wildman–Crippen MR) is 68.7 cm³/mol. The molecule has 0 radical (unpaired) electrons. The Morgan fingerprint density at radius 1 is 1.42 bits per heavy atom. The molecule has 0 unspecified atom stereocenters. The number of amides is 1. The third kappa shape index (κ3) is 5.73. The molecule has 0 saturated heterocycles. The van der Waals surface area contributed by atoms with Gasteiger partial charge in [0.2, 0.25) is 0 Å². The van der Waals surface area contributed by atoms with Gasteiger partial charge in [0.25, 0.3) is 5.91 Å². The van der Waals surface area contributed by atoms with Crippen molar-refractivity contribution in [1.29, 1.82) is 0 Å². The first-order valence-corrected chi connectivity index (χ1v) is 5.91. The molecule has 0 spiro atoms. The number of anilines is 1. The van der Waals surface area contributed by atoms with Crippen molar-refractivity contribution in [3.05, 3.63) is 18.1 Å². The molecule has 0 fully saturated rings. The van der Waals surface area contributed by atoms with Gasteiger partial charge in [0, 0.05) is 7.11 Å². The summed E-state index contributed by atoms with van der Waals surface area (Å²) in [5.41, 5.74) is 0.746. The molecule has 2 atom stereocenters. The number of ether oxygens (including phenoxy) is 2. The van der Waals surface area contributed by atoms with Crippen LogP contribution >= 0.6 is 0 Å². The monoisotopic (exact) mass is 269 g/mol. The van der Waals surface area contributed by atoms with Crippen molar-refractivity contribution in [1.82, 2.24) is 9.97 Å². The molecule has 1 aromatic heterocycles. The van der Waals surface area contributed by atoms with Gasteiger partial charge in [0.05, 0.1) is 37.4 Å². The normalized spacial score (nSPS) is 13.9. The van der Waals surface area contributed by atoms with E-state index in [1.807, 2.05) is 6.92 Å². The summed E-state index contributed by atoms with van der Waals surface area (Å²) in [5.74, 6) is -0.289. The average Bonchev–Trinajstić information content (AvgIpc) is 2.40. The average molecular weight is 269 g/mol. The smallest absolute Gasteiger partial charge is 0.256 e. The summed E-state index contributed by atoms with van der Waals surface area (Å²) < 4.78 is 10.1. The molecule has 0 aliphatic rings. The molecular formula is C12H19N3O4. The van der Waals surface area contributed by atoms with Gasteiger partial charge in [-0.2, -0.15) is 0 Å². The molecule has 1 aromatic rings. The number of rotatable bonds is 7. The van der Waals surface area contributed by atoms with Crippen LogP contribution in [0.25, 0.3) is 0 Å². The SMILES string of the molecule is CO[C@H](C)COC[C@H](O)C(=O)Nc1cnc(C)cn1. The maximum Gasteiger partial charge on any atom is 0.256 e. The number of aliphatic hydroxyl groups excluding tert-OH is 1. The number of carbonyl (C=O) groups is 1. The standard InChI is InChI=1S/C12H19N3O4/c1-8-4-14-11(5-13-8)15-12(17)10(16)7-19-6-9(2)18-3/h4-5,9-10,16H,6-7H2,1-3H3,(H,14,15,17)/t9-,10+/m1/s1. The van der Waals surface area contributed by atoms with Crippen molar-refractivity contribution in [3.8, 4) is 0 Å². The third-order valence-electron chi connectivity index (χ3n) is 2.37. The first-order valence-electron chi connectivity index (χ1n) is 5.91. The second kappa shape index (κ2) is 7.78. The summed E-state index contributed by atoms with van der Waals surface area (Å²) in [6.45, 7) is 3.83. The Kier molecular flexibility index (Phi) is 6.34. The summed E-state index contributed by atoms with van der Waals surface area (Å²) in [6, 6.07) is 0. The highest BCUT2D eigenvalue weighted by Crippen LogP contribution is 2.01. The lowest BCUT2D eigenvalue weighted by Gasteiger charge is -2.13. The first kappa shape index (κ1) is 15.5. The van der Waals surface area contributed by atoms with Gasteiger partial charge in [-0.25, -0.2) is 4.98 Å². The molecule has 7 heteroatoms. The molecule has 0 aliphatic carbocycles. The summed E-state index contributed by atoms with van der Waals surface area (Å²) in [5, 5.41) is 12.0. The summed E-state index contributed by atoms with van der Waals surface area (Å²) in [4.78, 5) is 19.5. The number of aromatic nitrogens is 2. The number of aliphatic hydroxyl groups is 1. The van der Waals surface area contributed by atoms with Crippen LogP contribution in [0.1, 0.15) is 12.6 Å². The highest BCUT2D eigenvalue weighted by Gasteiger charge is 2.16. The van der Waals surface area contributed by atoms with Gasteiger partial charge in [-0.1, -0.05) is 0 Å². The van der Waals surface area contributed by atoms with Crippen molar-refractivity contribution < 1.29 is 19.4 Å². The molecule has 7 nitrogen and oxygen atoms in total. The second-order valence-corrected chi connectivity index (χ2v) is 4.13. The van der Waals surface area contributed by atoms with Crippen molar-refractivity contribution >= 4 is 11.7 Å². The molecule has 0 saturated carbocycles. The van der Waals surface area contributed by atoms with Crippen LogP contribution in [0.3, 0.4) is 0 Å². The van der Waals surface area contributed by atoms with E-state index in [2.05, 4.69) is 15.3 Å². The Morgan fingerprint density at radius 2 is 2.16 bits per heavy atom. The van der Waals surface area contributed by atoms with Crippen LogP contribution in [0.2, 0.25) is 0 Å². The van der Waals surface area contributed by atoms with Gasteiger partial charge in [-0.15, -0.1) is 0 Å². The topological polar surface area (TPSA) is 93.6 Å². The Morgan fingerprint density at radius 3 is 2.74 bits per heavy atom. The van der Waals surface area contributed by atoms with Crippen LogP contribution in [0.4, 0.5) is 5.82 Å². The molecule has 106 valence electrons. The van der Waals surface area contributed by atoms with Crippen LogP contribution in [-0.4, -0.2) is 53.5 Å². The van der Waals surface area contributed by atoms with Crippen LogP contribution in [0.15, 0.2) is 12.4 Å². The Balaban J connectivity index is 2.34. The molecule has 2 N–H and O–H groups in total. The van der Waals surface area contributed by atoms with E-state index in [9.17, 15) is 9.90 Å². The number of carbonyl (C=O) groups excluding carboxylic acids is 1. The van der Waals surface area contributed by atoms with Crippen molar-refractivity contribution in [2.45, 2.75) is 26.1 Å². The molecule has 0 bridgehead atoms.